The zero-order valence-corrected chi connectivity index (χ0v) is 20.4. The van der Waals surface area contributed by atoms with E-state index in [0.717, 1.165) is 41.5 Å². The quantitative estimate of drug-likeness (QED) is 0.573. The molecule has 1 N–H and O–H groups in total. The highest BCUT2D eigenvalue weighted by molar-refractivity contribution is 5.92. The third kappa shape index (κ3) is 6.06. The second-order valence-electron chi connectivity index (χ2n) is 9.51. The van der Waals surface area contributed by atoms with Gasteiger partial charge < -0.3 is 10.2 Å². The zero-order valence-electron chi connectivity index (χ0n) is 20.4. The normalized spacial score (nSPS) is 15.1. The van der Waals surface area contributed by atoms with E-state index in [2.05, 4.69) is 16.3 Å². The molecule has 0 spiro atoms. The van der Waals surface area contributed by atoms with Crippen LogP contribution in [-0.2, 0) is 22.6 Å². The molecule has 180 valence electrons. The topological polar surface area (TPSA) is 76.4 Å². The lowest BCUT2D eigenvalue weighted by atomic mass is 9.99. The number of benzene rings is 3. The molecule has 35 heavy (non-hydrogen) atoms. The minimum Gasteiger partial charge on any atom is -0.344 e. The molecule has 0 radical (unpaired) electrons. The van der Waals surface area contributed by atoms with Crippen LogP contribution in [-0.4, -0.2) is 53.8 Å². The number of carbonyl (C=O) groups excluding carboxylic acids is 2. The predicted octanol–water partition coefficient (Wildman–Crippen LogP) is 3.74. The van der Waals surface area contributed by atoms with Crippen LogP contribution in [0.5, 0.6) is 0 Å². The van der Waals surface area contributed by atoms with E-state index >= 15 is 0 Å². The summed E-state index contributed by atoms with van der Waals surface area (Å²) in [5.41, 5.74) is 2.78. The highest BCUT2D eigenvalue weighted by Gasteiger charge is 2.30. The fraction of sp³-hybridized carbons (Fsp3) is 0.345. The van der Waals surface area contributed by atoms with Gasteiger partial charge in [0.25, 0.3) is 0 Å². The number of amides is 2. The van der Waals surface area contributed by atoms with E-state index in [1.54, 1.807) is 0 Å². The second kappa shape index (κ2) is 11.2. The number of fused-ring (bicyclic) bond motifs is 1. The van der Waals surface area contributed by atoms with Crippen LogP contribution in [0.15, 0.2) is 66.7 Å². The number of hydrogen-bond donors (Lipinski definition) is 1. The molecule has 6 nitrogen and oxygen atoms in total. The first kappa shape index (κ1) is 24.4. The van der Waals surface area contributed by atoms with Crippen LogP contribution in [0, 0.1) is 17.2 Å². The molecule has 1 saturated heterocycles. The summed E-state index contributed by atoms with van der Waals surface area (Å²) in [6.07, 6.45) is 0.246. The van der Waals surface area contributed by atoms with Crippen molar-refractivity contribution in [2.75, 3.05) is 26.2 Å². The SMILES string of the molecule is CC(C)C(NC(=O)Cc1cccc2ccccc12)C(=O)N1CCN(Cc2ccc(C#N)cc2)CC1. The molecule has 6 heteroatoms. The van der Waals surface area contributed by atoms with Gasteiger partial charge in [0.15, 0.2) is 0 Å². The van der Waals surface area contributed by atoms with Gasteiger partial charge >= 0.3 is 0 Å². The smallest absolute Gasteiger partial charge is 0.245 e. The summed E-state index contributed by atoms with van der Waals surface area (Å²) in [6, 6.07) is 23.3. The molecule has 0 aliphatic carbocycles. The molecule has 4 rings (SSSR count). The lowest BCUT2D eigenvalue weighted by Gasteiger charge is -2.37. The highest BCUT2D eigenvalue weighted by atomic mass is 16.2. The van der Waals surface area contributed by atoms with Crippen LogP contribution >= 0.6 is 0 Å². The Kier molecular flexibility index (Phi) is 7.79. The van der Waals surface area contributed by atoms with Gasteiger partial charge in [-0.1, -0.05) is 68.4 Å². The Bertz CT molecular complexity index is 1220. The molecular weight excluding hydrogens is 436 g/mol. The van der Waals surface area contributed by atoms with Crippen LogP contribution in [0.25, 0.3) is 10.8 Å². The zero-order chi connectivity index (χ0) is 24.8. The molecule has 1 unspecified atom stereocenters. The fourth-order valence-corrected chi connectivity index (χ4v) is 4.62. The predicted molar refractivity (Wildman–Crippen MR) is 137 cm³/mol. The van der Waals surface area contributed by atoms with Crippen LogP contribution in [0.2, 0.25) is 0 Å². The molecule has 3 aromatic carbocycles. The molecule has 0 saturated carbocycles. The van der Waals surface area contributed by atoms with Crippen molar-refractivity contribution in [1.29, 1.82) is 5.26 Å². The first-order valence-corrected chi connectivity index (χ1v) is 12.2. The summed E-state index contributed by atoms with van der Waals surface area (Å²) in [6.45, 7) is 7.57. The van der Waals surface area contributed by atoms with Crippen LogP contribution in [0.3, 0.4) is 0 Å². The van der Waals surface area contributed by atoms with Crippen molar-refractivity contribution >= 4 is 22.6 Å². The molecule has 1 atom stereocenters. The second-order valence-corrected chi connectivity index (χ2v) is 9.51. The number of nitriles is 1. The molecular formula is C29H32N4O2. The maximum atomic E-state index is 13.3. The van der Waals surface area contributed by atoms with E-state index in [0.29, 0.717) is 18.7 Å². The number of piperazine rings is 1. The number of carbonyl (C=O) groups is 2. The monoisotopic (exact) mass is 468 g/mol. The van der Waals surface area contributed by atoms with Crippen molar-refractivity contribution in [3.63, 3.8) is 0 Å². The van der Waals surface area contributed by atoms with E-state index in [1.165, 1.54) is 0 Å². The first-order valence-electron chi connectivity index (χ1n) is 12.2. The summed E-state index contributed by atoms with van der Waals surface area (Å²) < 4.78 is 0. The van der Waals surface area contributed by atoms with E-state index in [-0.39, 0.29) is 24.2 Å². The molecule has 1 aliphatic heterocycles. The van der Waals surface area contributed by atoms with Crippen molar-refractivity contribution in [3.8, 4) is 6.07 Å². The number of nitrogens with one attached hydrogen (secondary N) is 1. The van der Waals surface area contributed by atoms with Gasteiger partial charge in [-0.3, -0.25) is 14.5 Å². The van der Waals surface area contributed by atoms with Gasteiger partial charge in [-0.05, 0) is 39.9 Å². The maximum absolute atomic E-state index is 13.3. The number of hydrogen-bond acceptors (Lipinski definition) is 4. The van der Waals surface area contributed by atoms with Crippen molar-refractivity contribution in [3.05, 3.63) is 83.4 Å². The summed E-state index contributed by atoms with van der Waals surface area (Å²) in [4.78, 5) is 30.5. The Labute approximate surface area is 207 Å². The Morgan fingerprint density at radius 1 is 0.943 bits per heavy atom. The van der Waals surface area contributed by atoms with Gasteiger partial charge in [0, 0.05) is 32.7 Å². The summed E-state index contributed by atoms with van der Waals surface area (Å²) >= 11 is 0. The first-order chi connectivity index (χ1) is 16.9. The third-order valence-electron chi connectivity index (χ3n) is 6.65. The number of rotatable bonds is 7. The van der Waals surface area contributed by atoms with Gasteiger partial charge in [-0.25, -0.2) is 0 Å². The fourth-order valence-electron chi connectivity index (χ4n) is 4.62. The van der Waals surface area contributed by atoms with E-state index < -0.39 is 6.04 Å². The van der Waals surface area contributed by atoms with Crippen molar-refractivity contribution in [2.45, 2.75) is 32.9 Å². The number of nitrogens with zero attached hydrogens (tertiary/aromatic N) is 3. The van der Waals surface area contributed by atoms with Gasteiger partial charge in [0.05, 0.1) is 18.1 Å². The van der Waals surface area contributed by atoms with Crippen LogP contribution in [0.1, 0.15) is 30.5 Å². The van der Waals surface area contributed by atoms with Gasteiger partial charge in [0.2, 0.25) is 11.8 Å². The van der Waals surface area contributed by atoms with Crippen LogP contribution in [0.4, 0.5) is 0 Å². The minimum absolute atomic E-state index is 0.00403. The van der Waals surface area contributed by atoms with Crippen molar-refractivity contribution in [2.24, 2.45) is 5.92 Å². The van der Waals surface area contributed by atoms with Gasteiger partial charge in [-0.2, -0.15) is 5.26 Å². The standard InChI is InChI=1S/C29H32N4O2/c1-21(2)28(31-27(34)18-25-8-5-7-24-6-3-4-9-26(24)25)29(35)33-16-14-32(15-17-33)20-23-12-10-22(19-30)11-13-23/h3-13,21,28H,14-18,20H2,1-2H3,(H,31,34). The van der Waals surface area contributed by atoms with Crippen molar-refractivity contribution < 1.29 is 9.59 Å². The lowest BCUT2D eigenvalue weighted by Crippen LogP contribution is -2.56. The van der Waals surface area contributed by atoms with E-state index in [4.69, 9.17) is 5.26 Å². The largest absolute Gasteiger partial charge is 0.344 e. The maximum Gasteiger partial charge on any atom is 0.245 e. The molecule has 1 heterocycles. The van der Waals surface area contributed by atoms with Gasteiger partial charge in [-0.15, -0.1) is 0 Å². The van der Waals surface area contributed by atoms with E-state index in [1.807, 2.05) is 85.5 Å². The Hall–Kier alpha value is -3.69. The van der Waals surface area contributed by atoms with Crippen LogP contribution < -0.4 is 5.32 Å². The molecule has 0 bridgehead atoms. The Balaban J connectivity index is 1.33. The minimum atomic E-state index is -0.539. The molecule has 0 aromatic heterocycles. The Morgan fingerprint density at radius 2 is 1.63 bits per heavy atom. The Morgan fingerprint density at radius 3 is 2.31 bits per heavy atom. The molecule has 1 aliphatic rings. The molecule has 1 fully saturated rings. The highest BCUT2D eigenvalue weighted by Crippen LogP contribution is 2.19. The average Bonchev–Trinajstić information content (AvgIpc) is 2.88. The summed E-state index contributed by atoms with van der Waals surface area (Å²) in [5.74, 6) is -0.146. The van der Waals surface area contributed by atoms with Gasteiger partial charge in [0.1, 0.15) is 6.04 Å². The average molecular weight is 469 g/mol. The summed E-state index contributed by atoms with van der Waals surface area (Å²) in [5, 5.41) is 14.2. The molecule has 2 amide bonds. The third-order valence-corrected chi connectivity index (χ3v) is 6.65. The molecule has 3 aromatic rings. The lowest BCUT2D eigenvalue weighted by molar-refractivity contribution is -0.139. The van der Waals surface area contributed by atoms with E-state index in [9.17, 15) is 9.59 Å². The summed E-state index contributed by atoms with van der Waals surface area (Å²) in [7, 11) is 0. The van der Waals surface area contributed by atoms with Crippen molar-refractivity contribution in [1.82, 2.24) is 15.1 Å².